The molecule has 0 saturated heterocycles. The van der Waals surface area contributed by atoms with Crippen LogP contribution in [-0.4, -0.2) is 32.6 Å². The molecular weight excluding hydrogens is 272 g/mol. The van der Waals surface area contributed by atoms with Gasteiger partial charge in [0.2, 0.25) is 5.78 Å². The average Bonchev–Trinajstić information content (AvgIpc) is 2.51. The van der Waals surface area contributed by atoms with Gasteiger partial charge in [0.25, 0.3) is 0 Å². The van der Waals surface area contributed by atoms with Crippen molar-refractivity contribution in [3.63, 3.8) is 0 Å². The minimum absolute atomic E-state index is 0.0119. The highest BCUT2D eigenvalue weighted by Crippen LogP contribution is 2.28. The van der Waals surface area contributed by atoms with Crippen molar-refractivity contribution in [1.29, 1.82) is 0 Å². The minimum atomic E-state index is -0.837. The number of carbonyl (C=O) groups excluding carboxylic acids is 2. The maximum atomic E-state index is 11.6. The normalized spacial score (nSPS) is 10.0. The van der Waals surface area contributed by atoms with Crippen LogP contribution in [0.2, 0.25) is 0 Å². The molecule has 5 heteroatoms. The zero-order valence-corrected chi connectivity index (χ0v) is 12.8. The Bertz CT molecular complexity index is 482. The van der Waals surface area contributed by atoms with E-state index in [0.29, 0.717) is 23.7 Å². The zero-order chi connectivity index (χ0) is 15.7. The number of methoxy groups -OCH3 is 2. The Morgan fingerprint density at radius 2 is 1.86 bits per heavy atom. The second-order valence-electron chi connectivity index (χ2n) is 4.63. The van der Waals surface area contributed by atoms with Crippen LogP contribution in [0.1, 0.15) is 31.7 Å². The summed E-state index contributed by atoms with van der Waals surface area (Å²) in [5.74, 6) is -0.222. The molecular formula is C16H22O5. The molecule has 0 fully saturated rings. The van der Waals surface area contributed by atoms with Crippen LogP contribution in [0.5, 0.6) is 11.5 Å². The van der Waals surface area contributed by atoms with Gasteiger partial charge in [-0.15, -0.1) is 0 Å². The lowest BCUT2D eigenvalue weighted by Gasteiger charge is -2.12. The summed E-state index contributed by atoms with van der Waals surface area (Å²) in [7, 11) is 2.75. The summed E-state index contributed by atoms with van der Waals surface area (Å²) < 4.78 is 15.3. The van der Waals surface area contributed by atoms with E-state index in [9.17, 15) is 9.59 Å². The Labute approximate surface area is 125 Å². The van der Waals surface area contributed by atoms with Crippen molar-refractivity contribution in [2.75, 3.05) is 20.8 Å². The molecule has 0 amide bonds. The van der Waals surface area contributed by atoms with Crippen molar-refractivity contribution in [3.8, 4) is 11.5 Å². The molecule has 1 aromatic carbocycles. The van der Waals surface area contributed by atoms with Crippen molar-refractivity contribution >= 4 is 11.8 Å². The smallest absolute Gasteiger partial charge is 0.374 e. The standard InChI is InChI=1S/C16H22O5/c1-4-5-6-9-21-15-11-12(7-8-14(15)19-2)10-13(17)16(18)20-3/h7-8,11H,4-6,9-10H2,1-3H3. The molecule has 0 aliphatic carbocycles. The molecule has 0 radical (unpaired) electrons. The Balaban J connectivity index is 2.74. The first-order chi connectivity index (χ1) is 10.1. The Kier molecular flexibility index (Phi) is 7.29. The molecule has 0 saturated carbocycles. The van der Waals surface area contributed by atoms with E-state index in [4.69, 9.17) is 9.47 Å². The van der Waals surface area contributed by atoms with Crippen LogP contribution in [0.3, 0.4) is 0 Å². The van der Waals surface area contributed by atoms with E-state index in [1.807, 2.05) is 0 Å². The molecule has 0 N–H and O–H groups in total. The van der Waals surface area contributed by atoms with Gasteiger partial charge in [0.05, 0.1) is 20.8 Å². The van der Waals surface area contributed by atoms with Gasteiger partial charge in [0.15, 0.2) is 11.5 Å². The number of esters is 1. The van der Waals surface area contributed by atoms with Gasteiger partial charge in [0, 0.05) is 6.42 Å². The number of rotatable bonds is 9. The quantitative estimate of drug-likeness (QED) is 0.398. The van der Waals surface area contributed by atoms with Crippen molar-refractivity contribution < 1.29 is 23.8 Å². The molecule has 0 atom stereocenters. The van der Waals surface area contributed by atoms with E-state index < -0.39 is 11.8 Å². The third-order valence-corrected chi connectivity index (χ3v) is 3.01. The largest absolute Gasteiger partial charge is 0.493 e. The second kappa shape index (κ2) is 9.00. The van der Waals surface area contributed by atoms with Gasteiger partial charge >= 0.3 is 5.97 Å². The van der Waals surface area contributed by atoms with E-state index >= 15 is 0 Å². The first-order valence-electron chi connectivity index (χ1n) is 7.03. The number of benzene rings is 1. The van der Waals surface area contributed by atoms with E-state index in [-0.39, 0.29) is 6.42 Å². The van der Waals surface area contributed by atoms with Crippen LogP contribution in [0.15, 0.2) is 18.2 Å². The lowest BCUT2D eigenvalue weighted by Crippen LogP contribution is -2.17. The van der Waals surface area contributed by atoms with Crippen LogP contribution < -0.4 is 9.47 Å². The summed E-state index contributed by atoms with van der Waals surface area (Å²) in [4.78, 5) is 22.7. The predicted octanol–water partition coefficient (Wildman–Crippen LogP) is 2.55. The minimum Gasteiger partial charge on any atom is -0.493 e. The van der Waals surface area contributed by atoms with Gasteiger partial charge < -0.3 is 14.2 Å². The molecule has 0 bridgehead atoms. The third kappa shape index (κ3) is 5.45. The highest BCUT2D eigenvalue weighted by molar-refractivity contribution is 6.34. The van der Waals surface area contributed by atoms with Crippen molar-refractivity contribution in [1.82, 2.24) is 0 Å². The number of hydrogen-bond donors (Lipinski definition) is 0. The lowest BCUT2D eigenvalue weighted by atomic mass is 10.1. The fourth-order valence-corrected chi connectivity index (χ4v) is 1.85. The SMILES string of the molecule is CCCCCOc1cc(CC(=O)C(=O)OC)ccc1OC. The van der Waals surface area contributed by atoms with Crippen molar-refractivity contribution in [2.45, 2.75) is 32.6 Å². The second-order valence-corrected chi connectivity index (χ2v) is 4.63. The fraction of sp³-hybridized carbons (Fsp3) is 0.500. The lowest BCUT2D eigenvalue weighted by molar-refractivity contribution is -0.151. The average molecular weight is 294 g/mol. The first kappa shape index (κ1) is 17.0. The fourth-order valence-electron chi connectivity index (χ4n) is 1.85. The first-order valence-corrected chi connectivity index (χ1v) is 7.03. The van der Waals surface area contributed by atoms with E-state index in [2.05, 4.69) is 11.7 Å². The van der Waals surface area contributed by atoms with Gasteiger partial charge in [0.1, 0.15) is 0 Å². The molecule has 0 aliphatic heterocycles. The van der Waals surface area contributed by atoms with Crippen LogP contribution >= 0.6 is 0 Å². The molecule has 21 heavy (non-hydrogen) atoms. The molecule has 0 spiro atoms. The van der Waals surface area contributed by atoms with E-state index in [0.717, 1.165) is 19.3 Å². The number of ketones is 1. The summed E-state index contributed by atoms with van der Waals surface area (Å²) in [5, 5.41) is 0. The van der Waals surface area contributed by atoms with Crippen LogP contribution in [0, 0.1) is 0 Å². The van der Waals surface area contributed by atoms with Crippen LogP contribution in [0.4, 0.5) is 0 Å². The van der Waals surface area contributed by atoms with Crippen LogP contribution in [-0.2, 0) is 20.7 Å². The van der Waals surface area contributed by atoms with Crippen LogP contribution in [0.25, 0.3) is 0 Å². The highest BCUT2D eigenvalue weighted by Gasteiger charge is 2.15. The maximum absolute atomic E-state index is 11.6. The van der Waals surface area contributed by atoms with Gasteiger partial charge in [-0.3, -0.25) is 4.79 Å². The summed E-state index contributed by atoms with van der Waals surface area (Å²) in [6.07, 6.45) is 3.17. The topological polar surface area (TPSA) is 61.8 Å². The van der Waals surface area contributed by atoms with Gasteiger partial charge in [-0.2, -0.15) is 0 Å². The van der Waals surface area contributed by atoms with Crippen molar-refractivity contribution in [3.05, 3.63) is 23.8 Å². The third-order valence-electron chi connectivity index (χ3n) is 3.01. The summed E-state index contributed by atoms with van der Waals surface area (Å²) in [5.41, 5.74) is 0.691. The highest BCUT2D eigenvalue weighted by atomic mass is 16.5. The Morgan fingerprint density at radius 3 is 2.48 bits per heavy atom. The zero-order valence-electron chi connectivity index (χ0n) is 12.8. The summed E-state index contributed by atoms with van der Waals surface area (Å²) >= 11 is 0. The van der Waals surface area contributed by atoms with Crippen molar-refractivity contribution in [2.24, 2.45) is 0 Å². The molecule has 1 rings (SSSR count). The molecule has 1 aromatic rings. The Hall–Kier alpha value is -2.04. The molecule has 5 nitrogen and oxygen atoms in total. The number of Topliss-reactive ketones (excluding diaryl/α,β-unsaturated/α-hetero) is 1. The van der Waals surface area contributed by atoms with Gasteiger partial charge in [-0.25, -0.2) is 4.79 Å². The molecule has 0 aromatic heterocycles. The van der Waals surface area contributed by atoms with Gasteiger partial charge in [-0.05, 0) is 24.1 Å². The monoisotopic (exact) mass is 294 g/mol. The molecule has 0 heterocycles. The molecule has 116 valence electrons. The number of ether oxygens (including phenoxy) is 3. The molecule has 0 unspecified atom stereocenters. The van der Waals surface area contributed by atoms with E-state index in [1.54, 1.807) is 25.3 Å². The predicted molar refractivity (Wildman–Crippen MR) is 78.7 cm³/mol. The van der Waals surface area contributed by atoms with E-state index in [1.165, 1.54) is 7.11 Å². The summed E-state index contributed by atoms with van der Waals surface area (Å²) in [6.45, 7) is 2.72. The van der Waals surface area contributed by atoms with Gasteiger partial charge in [-0.1, -0.05) is 25.8 Å². The number of carbonyl (C=O) groups is 2. The summed E-state index contributed by atoms with van der Waals surface area (Å²) in [6, 6.07) is 5.19. The maximum Gasteiger partial charge on any atom is 0.374 e. The Morgan fingerprint density at radius 1 is 1.10 bits per heavy atom. The number of hydrogen-bond acceptors (Lipinski definition) is 5. The molecule has 0 aliphatic rings. The number of unbranched alkanes of at least 4 members (excludes halogenated alkanes) is 2.